The van der Waals surface area contributed by atoms with Crippen LogP contribution in [0.2, 0.25) is 0 Å². The van der Waals surface area contributed by atoms with Crippen molar-refractivity contribution in [2.45, 2.75) is 89.4 Å². The van der Waals surface area contributed by atoms with Gasteiger partial charge in [0.1, 0.15) is 18.1 Å². The van der Waals surface area contributed by atoms with E-state index < -0.39 is 53.8 Å². The van der Waals surface area contributed by atoms with Gasteiger partial charge in [0.15, 0.2) is 0 Å². The van der Waals surface area contributed by atoms with Gasteiger partial charge in [-0.3, -0.25) is 19.2 Å². The van der Waals surface area contributed by atoms with Crippen LogP contribution in [0.15, 0.2) is 0 Å². The van der Waals surface area contributed by atoms with Crippen molar-refractivity contribution in [3.05, 3.63) is 0 Å². The lowest BCUT2D eigenvalue weighted by Crippen LogP contribution is -2.56. The largest absolute Gasteiger partial charge is 0.480 e. The minimum atomic E-state index is -1.13. The van der Waals surface area contributed by atoms with Crippen molar-refractivity contribution in [3.8, 4) is 0 Å². The van der Waals surface area contributed by atoms with Crippen molar-refractivity contribution in [1.29, 1.82) is 0 Å². The summed E-state index contributed by atoms with van der Waals surface area (Å²) in [6.07, 6.45) is 2.75. The van der Waals surface area contributed by atoms with Crippen LogP contribution in [0, 0.1) is 5.92 Å². The molecule has 1 saturated heterocycles. The van der Waals surface area contributed by atoms with Crippen molar-refractivity contribution in [2.24, 2.45) is 23.1 Å². The number of carboxylic acid groups (broad SMARTS) is 1. The second-order valence-electron chi connectivity index (χ2n) is 9.18. The molecule has 0 aromatic rings. The molecule has 4 amide bonds. The van der Waals surface area contributed by atoms with Gasteiger partial charge >= 0.3 is 5.97 Å². The van der Waals surface area contributed by atoms with E-state index in [9.17, 15) is 29.1 Å². The van der Waals surface area contributed by atoms with Gasteiger partial charge < -0.3 is 37.8 Å². The maximum atomic E-state index is 13.3. The fourth-order valence-electron chi connectivity index (χ4n) is 3.92. The molecule has 1 rings (SSSR count). The zero-order chi connectivity index (χ0) is 25.8. The first-order valence-corrected chi connectivity index (χ1v) is 11.9. The third-order valence-electron chi connectivity index (χ3n) is 5.76. The molecule has 1 heterocycles. The van der Waals surface area contributed by atoms with Gasteiger partial charge in [-0.1, -0.05) is 13.8 Å². The predicted octanol–water partition coefficient (Wildman–Crippen LogP) is -1.20. The number of hydrogen-bond donors (Lipinski definition) is 6. The van der Waals surface area contributed by atoms with E-state index in [1.54, 1.807) is 0 Å². The first-order valence-electron chi connectivity index (χ1n) is 11.9. The van der Waals surface area contributed by atoms with E-state index in [-0.39, 0.29) is 25.2 Å². The summed E-state index contributed by atoms with van der Waals surface area (Å²) in [6, 6.07) is -3.80. The first kappa shape index (κ1) is 29.3. The summed E-state index contributed by atoms with van der Waals surface area (Å²) in [4.78, 5) is 62.7. The fourth-order valence-corrected chi connectivity index (χ4v) is 3.92. The van der Waals surface area contributed by atoms with Crippen molar-refractivity contribution in [2.75, 3.05) is 13.1 Å². The maximum absolute atomic E-state index is 13.3. The number of likely N-dealkylation sites (tertiary alicyclic amines) is 1. The summed E-state index contributed by atoms with van der Waals surface area (Å²) >= 11 is 0. The van der Waals surface area contributed by atoms with Gasteiger partial charge in [-0.2, -0.15) is 0 Å². The lowest BCUT2D eigenvalue weighted by Gasteiger charge is -2.30. The van der Waals surface area contributed by atoms with Gasteiger partial charge in [-0.05, 0) is 57.4 Å². The third kappa shape index (κ3) is 9.64. The summed E-state index contributed by atoms with van der Waals surface area (Å²) in [5.74, 6) is -3.19. The summed E-state index contributed by atoms with van der Waals surface area (Å²) in [5.41, 5.74) is 16.5. The molecule has 0 aliphatic carbocycles. The van der Waals surface area contributed by atoms with Crippen LogP contribution in [0.3, 0.4) is 0 Å². The summed E-state index contributed by atoms with van der Waals surface area (Å²) in [6.45, 7) is 4.45. The van der Waals surface area contributed by atoms with E-state index in [1.807, 2.05) is 13.8 Å². The van der Waals surface area contributed by atoms with Crippen LogP contribution < -0.4 is 27.8 Å². The normalized spacial score (nSPS) is 18.3. The number of unbranched alkanes of at least 4 members (excludes halogenated alkanes) is 1. The average molecular weight is 485 g/mol. The number of primary amides is 1. The molecule has 1 aliphatic heterocycles. The van der Waals surface area contributed by atoms with Crippen LogP contribution in [0.5, 0.6) is 0 Å². The van der Waals surface area contributed by atoms with Gasteiger partial charge in [0.05, 0.1) is 6.04 Å². The van der Waals surface area contributed by atoms with E-state index >= 15 is 0 Å². The molecule has 0 bridgehead atoms. The number of carbonyl (C=O) groups excluding carboxylic acids is 4. The lowest BCUT2D eigenvalue weighted by molar-refractivity contribution is -0.145. The molecule has 9 N–H and O–H groups in total. The van der Waals surface area contributed by atoms with Gasteiger partial charge in [0.25, 0.3) is 0 Å². The van der Waals surface area contributed by atoms with E-state index in [4.69, 9.17) is 17.2 Å². The molecule has 12 nitrogen and oxygen atoms in total. The number of nitrogens with one attached hydrogen (secondary N) is 2. The highest BCUT2D eigenvalue weighted by atomic mass is 16.4. The van der Waals surface area contributed by atoms with E-state index in [0.717, 1.165) is 0 Å². The predicted molar refractivity (Wildman–Crippen MR) is 125 cm³/mol. The third-order valence-corrected chi connectivity index (χ3v) is 5.76. The molecular weight excluding hydrogens is 444 g/mol. The average Bonchev–Trinajstić information content (AvgIpc) is 3.25. The van der Waals surface area contributed by atoms with Gasteiger partial charge in [0, 0.05) is 13.0 Å². The molecule has 0 saturated carbocycles. The zero-order valence-corrected chi connectivity index (χ0v) is 20.1. The highest BCUT2D eigenvalue weighted by Crippen LogP contribution is 2.21. The number of nitrogens with two attached hydrogens (primary N) is 3. The van der Waals surface area contributed by atoms with E-state index in [1.165, 1.54) is 4.90 Å². The SMILES string of the molecule is CC(C)CC(NC(=O)C1CCCN1C(=O)C(CCCCN)NC(=O)C(N)CCC(N)=O)C(=O)O. The number of aliphatic carboxylic acids is 1. The molecule has 0 spiro atoms. The van der Waals surface area contributed by atoms with Crippen LogP contribution in [0.1, 0.15) is 65.2 Å². The van der Waals surface area contributed by atoms with Crippen LogP contribution in [0.25, 0.3) is 0 Å². The Morgan fingerprint density at radius 1 is 1.06 bits per heavy atom. The molecule has 1 aliphatic rings. The summed E-state index contributed by atoms with van der Waals surface area (Å²) in [5, 5.41) is 14.6. The van der Waals surface area contributed by atoms with Crippen LogP contribution in [-0.2, 0) is 24.0 Å². The Morgan fingerprint density at radius 3 is 2.29 bits per heavy atom. The van der Waals surface area contributed by atoms with Crippen molar-refractivity contribution in [1.82, 2.24) is 15.5 Å². The smallest absolute Gasteiger partial charge is 0.326 e. The Morgan fingerprint density at radius 2 is 1.74 bits per heavy atom. The molecule has 0 radical (unpaired) electrons. The minimum absolute atomic E-state index is 0.0477. The number of carboxylic acids is 1. The Balaban J connectivity index is 2.92. The van der Waals surface area contributed by atoms with E-state index in [0.29, 0.717) is 45.2 Å². The van der Waals surface area contributed by atoms with Gasteiger partial charge in [-0.25, -0.2) is 4.79 Å². The monoisotopic (exact) mass is 484 g/mol. The number of nitrogens with zero attached hydrogens (tertiary/aromatic N) is 1. The summed E-state index contributed by atoms with van der Waals surface area (Å²) in [7, 11) is 0. The Kier molecular flexibility index (Phi) is 12.5. The topological polar surface area (TPSA) is 211 Å². The standard InChI is InChI=1S/C22H40N6O6/c1-13(2)12-16(22(33)34)27-20(31)17-7-5-11-28(17)21(32)15(6-3-4-10-23)26-19(30)14(24)8-9-18(25)29/h13-17H,3-12,23-24H2,1-2H3,(H2,25,29)(H,26,30)(H,27,31)(H,33,34). The molecule has 0 aromatic heterocycles. The second-order valence-corrected chi connectivity index (χ2v) is 9.18. The Bertz CT molecular complexity index is 731. The highest BCUT2D eigenvalue weighted by molar-refractivity contribution is 5.94. The first-order chi connectivity index (χ1) is 16.0. The summed E-state index contributed by atoms with van der Waals surface area (Å²) < 4.78 is 0. The van der Waals surface area contributed by atoms with E-state index in [2.05, 4.69) is 10.6 Å². The molecule has 1 fully saturated rings. The molecule has 0 aromatic carbocycles. The lowest BCUT2D eigenvalue weighted by atomic mass is 10.0. The van der Waals surface area contributed by atoms with Gasteiger partial charge in [0.2, 0.25) is 23.6 Å². The van der Waals surface area contributed by atoms with Gasteiger partial charge in [-0.15, -0.1) is 0 Å². The van der Waals surface area contributed by atoms with Crippen molar-refractivity contribution >= 4 is 29.6 Å². The fraction of sp³-hybridized carbons (Fsp3) is 0.773. The molecule has 12 heteroatoms. The van der Waals surface area contributed by atoms with Crippen molar-refractivity contribution < 1.29 is 29.1 Å². The second kappa shape index (κ2) is 14.5. The van der Waals surface area contributed by atoms with Crippen molar-refractivity contribution in [3.63, 3.8) is 0 Å². The minimum Gasteiger partial charge on any atom is -0.480 e. The van der Waals surface area contributed by atoms with Crippen LogP contribution in [-0.4, -0.2) is 76.9 Å². The highest BCUT2D eigenvalue weighted by Gasteiger charge is 2.39. The maximum Gasteiger partial charge on any atom is 0.326 e. The quantitative estimate of drug-likeness (QED) is 0.155. The number of rotatable bonds is 15. The Hall–Kier alpha value is -2.73. The number of hydrogen-bond acceptors (Lipinski definition) is 7. The number of amides is 4. The Labute approximate surface area is 200 Å². The molecule has 194 valence electrons. The molecule has 4 atom stereocenters. The molecular formula is C22H40N6O6. The van der Waals surface area contributed by atoms with Crippen LogP contribution in [0.4, 0.5) is 0 Å². The zero-order valence-electron chi connectivity index (χ0n) is 20.1. The van der Waals surface area contributed by atoms with Crippen LogP contribution >= 0.6 is 0 Å². The molecule has 34 heavy (non-hydrogen) atoms. The number of carbonyl (C=O) groups is 5. The molecule has 4 unspecified atom stereocenters.